The van der Waals surface area contributed by atoms with Crippen LogP contribution in [0.1, 0.15) is 44.1 Å². The number of phenolic OH excluding ortho intramolecular Hbond substituents is 1. The van der Waals surface area contributed by atoms with Crippen molar-refractivity contribution >= 4 is 27.5 Å². The zero-order chi connectivity index (χ0) is 34.1. The van der Waals surface area contributed by atoms with Crippen molar-refractivity contribution in [2.24, 2.45) is 0 Å². The van der Waals surface area contributed by atoms with E-state index in [2.05, 4.69) is 30.8 Å². The molecule has 4 aliphatic rings. The number of aromatic nitrogens is 3. The molecular weight excluding hydrogens is 647 g/mol. The summed E-state index contributed by atoms with van der Waals surface area (Å²) in [5.74, 6) is 1.12. The lowest BCUT2D eigenvalue weighted by Crippen LogP contribution is -2.51. The third kappa shape index (κ3) is 5.67. The van der Waals surface area contributed by atoms with Crippen LogP contribution in [0.5, 0.6) is 11.8 Å². The average Bonchev–Trinajstić information content (AvgIpc) is 3.75. The summed E-state index contributed by atoms with van der Waals surface area (Å²) in [7, 11) is 0. The highest BCUT2D eigenvalue weighted by molar-refractivity contribution is 6.03. The predicted octanol–water partition coefficient (Wildman–Crippen LogP) is 5.66. The highest BCUT2D eigenvalue weighted by Crippen LogP contribution is 2.44. The molecule has 6 heterocycles. The van der Waals surface area contributed by atoms with Crippen LogP contribution in [0.2, 0.25) is 0 Å². The highest BCUT2D eigenvalue weighted by atomic mass is 19.4. The van der Waals surface area contributed by atoms with Crippen LogP contribution >= 0.6 is 0 Å². The molecule has 9 nitrogen and oxygen atoms in total. The van der Waals surface area contributed by atoms with Crippen LogP contribution in [0.15, 0.2) is 30.5 Å². The van der Waals surface area contributed by atoms with Gasteiger partial charge in [0.05, 0.1) is 23.1 Å². The minimum Gasteiger partial charge on any atom is -0.508 e. The van der Waals surface area contributed by atoms with Gasteiger partial charge < -0.3 is 20.1 Å². The molecule has 4 fully saturated rings. The van der Waals surface area contributed by atoms with Gasteiger partial charge in [-0.05, 0) is 68.7 Å². The Hall–Kier alpha value is -4.32. The molecule has 2 aromatic carbocycles. The molecule has 4 aliphatic heterocycles. The SMILES string of the molecule is C#Cc1c(F)ccc2cc(O)cc(-c3ncc4c(N5C[C@H]6CC[C@@H](C5)N6)nc(OC[C@]56CCCN5[C@H](COC(F)(F)F)CC6)nc4c3F)c12. The fourth-order valence-corrected chi connectivity index (χ4v) is 8.42. The fourth-order valence-electron chi connectivity index (χ4n) is 8.42. The number of nitrogens with zero attached hydrogens (tertiary/aromatic N) is 5. The molecule has 49 heavy (non-hydrogen) atoms. The third-order valence-electron chi connectivity index (χ3n) is 10.6. The van der Waals surface area contributed by atoms with Crippen molar-refractivity contribution in [2.45, 2.75) is 68.6 Å². The average molecular weight is 681 g/mol. The molecule has 4 saturated heterocycles. The summed E-state index contributed by atoms with van der Waals surface area (Å²) < 4.78 is 80.7. The first kappa shape index (κ1) is 31.9. The van der Waals surface area contributed by atoms with Gasteiger partial charge in [-0.3, -0.25) is 14.6 Å². The number of hydrogen-bond donors (Lipinski definition) is 2. The standard InChI is InChI=1S/C35H33F5N6O3/c1-2-24-27(36)7-4-19-12-23(47)13-25(28(19)24)30-29(37)31-26(14-41-30)32(45-15-20-5-6-21(16-45)42-20)44-33(43-31)48-18-34-9-3-11-46(34)22(8-10-34)17-49-35(38,39)40/h1,4,7,12-14,20-22,42,47H,3,5-6,8-11,15-18H2/t20-,21+,22-,34+/m0/s1. The van der Waals surface area contributed by atoms with Gasteiger partial charge in [0.25, 0.3) is 0 Å². The maximum atomic E-state index is 16.9. The number of benzene rings is 2. The quantitative estimate of drug-likeness (QED) is 0.189. The number of alkyl halides is 3. The number of ether oxygens (including phenoxy) is 2. The molecule has 256 valence electrons. The topological polar surface area (TPSA) is 95.9 Å². The van der Waals surface area contributed by atoms with Gasteiger partial charge in [0.15, 0.2) is 5.82 Å². The van der Waals surface area contributed by atoms with Crippen LogP contribution in [0.3, 0.4) is 0 Å². The van der Waals surface area contributed by atoms with Crippen molar-refractivity contribution in [2.75, 3.05) is 37.7 Å². The first-order valence-electron chi connectivity index (χ1n) is 16.4. The minimum absolute atomic E-state index is 0.0724. The monoisotopic (exact) mass is 680 g/mol. The van der Waals surface area contributed by atoms with Gasteiger partial charge in [0.2, 0.25) is 0 Å². The molecule has 0 saturated carbocycles. The lowest BCUT2D eigenvalue weighted by atomic mass is 9.95. The number of aromatic hydroxyl groups is 1. The number of halogens is 5. The van der Waals surface area contributed by atoms with Crippen molar-refractivity contribution in [3.8, 4) is 35.4 Å². The maximum absolute atomic E-state index is 16.9. The molecule has 0 amide bonds. The van der Waals surface area contributed by atoms with Gasteiger partial charge in [-0.25, -0.2) is 8.78 Å². The summed E-state index contributed by atoms with van der Waals surface area (Å²) in [5, 5.41) is 15.1. The Balaban J connectivity index is 1.20. The highest BCUT2D eigenvalue weighted by Gasteiger charge is 2.50. The second kappa shape index (κ2) is 11.9. The lowest BCUT2D eigenvalue weighted by Gasteiger charge is -2.35. The molecule has 8 rings (SSSR count). The predicted molar refractivity (Wildman–Crippen MR) is 171 cm³/mol. The van der Waals surface area contributed by atoms with Crippen LogP contribution in [0.25, 0.3) is 32.9 Å². The molecule has 2 bridgehead atoms. The molecule has 0 unspecified atom stereocenters. The lowest BCUT2D eigenvalue weighted by molar-refractivity contribution is -0.328. The first-order chi connectivity index (χ1) is 23.5. The van der Waals surface area contributed by atoms with E-state index in [4.69, 9.17) is 16.1 Å². The number of piperazine rings is 1. The normalized spacial score (nSPS) is 25.3. The molecule has 2 aromatic heterocycles. The van der Waals surface area contributed by atoms with Crippen molar-refractivity contribution in [1.29, 1.82) is 0 Å². The number of fused-ring (bicyclic) bond motifs is 5. The van der Waals surface area contributed by atoms with E-state index in [1.165, 1.54) is 30.5 Å². The van der Waals surface area contributed by atoms with Crippen molar-refractivity contribution in [1.82, 2.24) is 25.2 Å². The van der Waals surface area contributed by atoms with Crippen LogP contribution in [0.4, 0.5) is 27.8 Å². The van der Waals surface area contributed by atoms with E-state index in [-0.39, 0.29) is 58.2 Å². The molecule has 0 spiro atoms. The summed E-state index contributed by atoms with van der Waals surface area (Å²) in [6, 6.07) is 5.35. The Morgan fingerprint density at radius 3 is 2.63 bits per heavy atom. The molecule has 14 heteroatoms. The van der Waals surface area contributed by atoms with Crippen LogP contribution in [-0.2, 0) is 4.74 Å². The van der Waals surface area contributed by atoms with Gasteiger partial charge in [0, 0.05) is 48.4 Å². The Kier molecular flexibility index (Phi) is 7.77. The Bertz CT molecular complexity index is 1990. The zero-order valence-electron chi connectivity index (χ0n) is 26.4. The summed E-state index contributed by atoms with van der Waals surface area (Å²) in [6.07, 6.45) is 7.08. The fraction of sp³-hybridized carbons (Fsp3) is 0.457. The van der Waals surface area contributed by atoms with Crippen LogP contribution in [0, 0.1) is 24.0 Å². The van der Waals surface area contributed by atoms with E-state index in [1.807, 2.05) is 4.90 Å². The van der Waals surface area contributed by atoms with Gasteiger partial charge in [0.1, 0.15) is 35.2 Å². The number of terminal acetylenes is 1. The summed E-state index contributed by atoms with van der Waals surface area (Å²) >= 11 is 0. The Morgan fingerprint density at radius 1 is 1.08 bits per heavy atom. The van der Waals surface area contributed by atoms with Crippen LogP contribution in [-0.4, -0.2) is 87.8 Å². The van der Waals surface area contributed by atoms with Gasteiger partial charge in [-0.15, -0.1) is 19.6 Å². The molecule has 0 aliphatic carbocycles. The van der Waals surface area contributed by atoms with E-state index >= 15 is 4.39 Å². The van der Waals surface area contributed by atoms with E-state index in [0.29, 0.717) is 49.1 Å². The number of phenols is 1. The maximum Gasteiger partial charge on any atom is 0.522 e. The van der Waals surface area contributed by atoms with Gasteiger partial charge in [-0.2, -0.15) is 9.97 Å². The van der Waals surface area contributed by atoms with Gasteiger partial charge in [-0.1, -0.05) is 12.0 Å². The molecule has 4 aromatic rings. The van der Waals surface area contributed by atoms with Crippen molar-refractivity contribution < 1.29 is 36.5 Å². The second-order valence-electron chi connectivity index (χ2n) is 13.5. The number of rotatable bonds is 7. The van der Waals surface area contributed by atoms with Gasteiger partial charge >= 0.3 is 12.4 Å². The largest absolute Gasteiger partial charge is 0.522 e. The van der Waals surface area contributed by atoms with E-state index in [9.17, 15) is 22.7 Å². The first-order valence-corrected chi connectivity index (χ1v) is 16.4. The van der Waals surface area contributed by atoms with E-state index < -0.39 is 36.2 Å². The van der Waals surface area contributed by atoms with Crippen molar-refractivity contribution in [3.63, 3.8) is 0 Å². The number of hydrogen-bond acceptors (Lipinski definition) is 9. The number of anilines is 1. The third-order valence-corrected chi connectivity index (χ3v) is 10.6. The van der Waals surface area contributed by atoms with E-state index in [1.54, 1.807) is 0 Å². The summed E-state index contributed by atoms with van der Waals surface area (Å²) in [4.78, 5) is 17.9. The number of pyridine rings is 1. The molecule has 2 N–H and O–H groups in total. The minimum atomic E-state index is -4.71. The van der Waals surface area contributed by atoms with Crippen molar-refractivity contribution in [3.05, 3.63) is 47.7 Å². The molecule has 4 atom stereocenters. The van der Waals surface area contributed by atoms with E-state index in [0.717, 1.165) is 25.7 Å². The molecular formula is C35H33F5N6O3. The molecule has 0 radical (unpaired) electrons. The van der Waals surface area contributed by atoms with Crippen LogP contribution < -0.4 is 15.0 Å². The smallest absolute Gasteiger partial charge is 0.508 e. The zero-order valence-corrected chi connectivity index (χ0v) is 26.4. The summed E-state index contributed by atoms with van der Waals surface area (Å²) in [5.41, 5.74) is -0.772. The second-order valence-corrected chi connectivity index (χ2v) is 13.5. The Morgan fingerprint density at radius 2 is 1.88 bits per heavy atom. The number of nitrogens with one attached hydrogen (secondary N) is 1. The summed E-state index contributed by atoms with van der Waals surface area (Å²) in [6.45, 7) is 1.53. The Labute approximate surface area is 278 Å².